The zero-order chi connectivity index (χ0) is 30.7. The van der Waals surface area contributed by atoms with Crippen molar-refractivity contribution in [3.8, 4) is 16.9 Å². The Morgan fingerprint density at radius 1 is 1.07 bits per heavy atom. The van der Waals surface area contributed by atoms with Crippen molar-refractivity contribution in [1.82, 2.24) is 0 Å². The van der Waals surface area contributed by atoms with Gasteiger partial charge >= 0.3 is 0 Å². The Kier molecular flexibility index (Phi) is 7.22. The van der Waals surface area contributed by atoms with Gasteiger partial charge in [0.1, 0.15) is 22.8 Å². The van der Waals surface area contributed by atoms with E-state index in [1.807, 2.05) is 6.92 Å². The highest BCUT2D eigenvalue weighted by molar-refractivity contribution is 6.23. The van der Waals surface area contributed by atoms with Gasteiger partial charge in [-0.1, -0.05) is 39.0 Å². The van der Waals surface area contributed by atoms with Gasteiger partial charge in [-0.2, -0.15) is 0 Å². The summed E-state index contributed by atoms with van der Waals surface area (Å²) in [6, 6.07) is 10.2. The van der Waals surface area contributed by atoms with Crippen molar-refractivity contribution < 1.29 is 39.6 Å². The van der Waals surface area contributed by atoms with Crippen LogP contribution in [0, 0.1) is 23.7 Å². The molecule has 3 aliphatic rings. The molecule has 7 N–H and O–H groups in total. The van der Waals surface area contributed by atoms with Crippen molar-refractivity contribution in [1.29, 1.82) is 0 Å². The van der Waals surface area contributed by atoms with Crippen LogP contribution in [-0.2, 0) is 25.6 Å². The van der Waals surface area contributed by atoms with Crippen LogP contribution in [0.15, 0.2) is 53.3 Å². The number of ketones is 2. The molecule has 220 valence electrons. The molecule has 0 aromatic heterocycles. The van der Waals surface area contributed by atoms with E-state index in [2.05, 4.69) is 5.32 Å². The Labute approximate surface area is 242 Å². The number of hydrogen-bond acceptors (Lipinski definition) is 8. The predicted octanol–water partition coefficient (Wildman–Crippen LogP) is 3.71. The van der Waals surface area contributed by atoms with Gasteiger partial charge in [0.05, 0.1) is 5.56 Å². The number of phenolic OH excluding ortho intramolecular Hbond substituents is 1. The van der Waals surface area contributed by atoms with E-state index in [9.17, 15) is 39.6 Å². The van der Waals surface area contributed by atoms with Crippen LogP contribution in [0.2, 0.25) is 0 Å². The normalized spacial score (nSPS) is 25.2. The van der Waals surface area contributed by atoms with Crippen LogP contribution in [0.1, 0.15) is 51.2 Å². The number of fused-ring (bicyclic) bond motifs is 3. The average molecular weight is 575 g/mol. The van der Waals surface area contributed by atoms with Gasteiger partial charge in [0, 0.05) is 29.5 Å². The highest BCUT2D eigenvalue weighted by Crippen LogP contribution is 2.55. The van der Waals surface area contributed by atoms with Gasteiger partial charge < -0.3 is 31.5 Å². The summed E-state index contributed by atoms with van der Waals surface area (Å²) in [7, 11) is 0. The standard InChI is InChI=1S/C32H34N2O8/c1-4-5-22(36)34-17-8-6-15(7-9-17)18-10-11-21(35)25-19(18)12-16-13-20-23(14(2)3)27(37)26(31(33)41)30(40)32(20,42)29(39)24(16)28(25)38/h6-11,14,16,20,23,35,38,40,42H,4-5,12-13H2,1-3H3,(H2,33,41)(H,34,36)/t16-,20-,23-,32-/m0/s1. The van der Waals surface area contributed by atoms with E-state index >= 15 is 0 Å². The van der Waals surface area contributed by atoms with Crippen LogP contribution in [0.3, 0.4) is 0 Å². The SMILES string of the molecule is CCCC(=O)Nc1ccc(-c2ccc(O)c3c2C[C@H]2C[C@H]4[C@H](C(C)C)C(=O)C(C(N)=O)=C(O)[C@@]4(O)C(=O)C2=C3O)cc1. The predicted molar refractivity (Wildman–Crippen MR) is 154 cm³/mol. The summed E-state index contributed by atoms with van der Waals surface area (Å²) < 4.78 is 0. The number of aliphatic hydroxyl groups excluding tert-OH is 2. The lowest BCUT2D eigenvalue weighted by molar-refractivity contribution is -0.155. The number of anilines is 1. The number of Topliss-reactive ketones (excluding diaryl/α,β-unsaturated/α-hetero) is 2. The van der Waals surface area contributed by atoms with Gasteiger partial charge in [-0.15, -0.1) is 0 Å². The molecular weight excluding hydrogens is 540 g/mol. The maximum Gasteiger partial charge on any atom is 0.255 e. The summed E-state index contributed by atoms with van der Waals surface area (Å²) >= 11 is 0. The molecule has 2 aromatic rings. The fourth-order valence-corrected chi connectivity index (χ4v) is 6.94. The zero-order valence-corrected chi connectivity index (χ0v) is 23.6. The van der Waals surface area contributed by atoms with Gasteiger partial charge in [-0.05, 0) is 66.0 Å². The Bertz CT molecular complexity index is 1590. The summed E-state index contributed by atoms with van der Waals surface area (Å²) in [5.74, 6) is -8.13. The van der Waals surface area contributed by atoms with Crippen molar-refractivity contribution in [2.24, 2.45) is 29.4 Å². The first-order valence-electron chi connectivity index (χ1n) is 14.1. The molecule has 3 aliphatic carbocycles. The van der Waals surface area contributed by atoms with Crippen molar-refractivity contribution in [3.05, 3.63) is 64.4 Å². The molecule has 5 rings (SSSR count). The molecule has 0 bridgehead atoms. The third-order valence-electron chi connectivity index (χ3n) is 8.81. The third kappa shape index (κ3) is 4.28. The molecule has 10 nitrogen and oxygen atoms in total. The lowest BCUT2D eigenvalue weighted by atomic mass is 9.54. The van der Waals surface area contributed by atoms with Gasteiger partial charge in [-0.25, -0.2) is 0 Å². The first kappa shape index (κ1) is 29.1. The topological polar surface area (TPSA) is 187 Å². The summed E-state index contributed by atoms with van der Waals surface area (Å²) in [6.07, 6.45) is 1.36. The molecule has 0 spiro atoms. The monoisotopic (exact) mass is 574 g/mol. The smallest absolute Gasteiger partial charge is 0.255 e. The number of aromatic hydroxyl groups is 1. The van der Waals surface area contributed by atoms with Crippen LogP contribution >= 0.6 is 0 Å². The lowest BCUT2D eigenvalue weighted by Crippen LogP contribution is -2.62. The van der Waals surface area contributed by atoms with E-state index in [-0.39, 0.29) is 35.6 Å². The number of primary amides is 1. The summed E-state index contributed by atoms with van der Waals surface area (Å²) in [5.41, 5.74) is 4.40. The number of carbonyl (C=O) groups is 4. The molecule has 42 heavy (non-hydrogen) atoms. The van der Waals surface area contributed by atoms with E-state index in [0.717, 1.165) is 12.0 Å². The number of aliphatic hydroxyl groups is 3. The molecule has 0 saturated heterocycles. The van der Waals surface area contributed by atoms with Crippen LogP contribution < -0.4 is 11.1 Å². The summed E-state index contributed by atoms with van der Waals surface area (Å²) in [5, 5.41) is 47.8. The third-order valence-corrected chi connectivity index (χ3v) is 8.81. The van der Waals surface area contributed by atoms with Crippen LogP contribution in [0.25, 0.3) is 16.9 Å². The minimum absolute atomic E-state index is 0.0281. The van der Waals surface area contributed by atoms with E-state index in [4.69, 9.17) is 5.73 Å². The second kappa shape index (κ2) is 10.4. The average Bonchev–Trinajstić information content (AvgIpc) is 2.91. The molecule has 1 fully saturated rings. The maximum atomic E-state index is 14.0. The second-order valence-corrected chi connectivity index (χ2v) is 11.7. The fraction of sp³-hybridized carbons (Fsp3) is 0.375. The maximum absolute atomic E-state index is 14.0. The Morgan fingerprint density at radius 3 is 2.33 bits per heavy atom. The molecule has 2 aromatic carbocycles. The largest absolute Gasteiger partial charge is 0.508 e. The molecule has 4 atom stereocenters. The van der Waals surface area contributed by atoms with Crippen LogP contribution in [-0.4, -0.2) is 49.4 Å². The molecule has 2 amide bonds. The number of phenols is 1. The number of rotatable bonds is 6. The van der Waals surface area contributed by atoms with Gasteiger partial charge in [0.15, 0.2) is 11.4 Å². The molecular formula is C32H34N2O8. The quantitative estimate of drug-likeness (QED) is 0.282. The number of carbonyl (C=O) groups excluding carboxylic acids is 4. The lowest BCUT2D eigenvalue weighted by Gasteiger charge is -2.50. The van der Waals surface area contributed by atoms with E-state index in [0.29, 0.717) is 23.2 Å². The van der Waals surface area contributed by atoms with Crippen LogP contribution in [0.5, 0.6) is 5.75 Å². The zero-order valence-electron chi connectivity index (χ0n) is 23.6. The number of amides is 2. The Hall–Kier alpha value is -4.44. The number of nitrogens with two attached hydrogens (primary N) is 1. The molecule has 0 radical (unpaired) electrons. The first-order chi connectivity index (χ1) is 19.8. The van der Waals surface area contributed by atoms with Crippen molar-refractivity contribution in [2.45, 2.75) is 52.1 Å². The molecule has 10 heteroatoms. The number of hydrogen-bond donors (Lipinski definition) is 6. The van der Waals surface area contributed by atoms with Gasteiger partial charge in [-0.3, -0.25) is 19.2 Å². The minimum Gasteiger partial charge on any atom is -0.508 e. The highest BCUT2D eigenvalue weighted by Gasteiger charge is 2.64. The highest BCUT2D eigenvalue weighted by atomic mass is 16.3. The Balaban J connectivity index is 1.63. The second-order valence-electron chi connectivity index (χ2n) is 11.7. The fourth-order valence-electron chi connectivity index (χ4n) is 6.94. The molecule has 0 heterocycles. The Morgan fingerprint density at radius 2 is 1.74 bits per heavy atom. The van der Waals surface area contributed by atoms with E-state index in [1.165, 1.54) is 6.07 Å². The summed E-state index contributed by atoms with van der Waals surface area (Å²) in [6.45, 7) is 5.36. The van der Waals surface area contributed by atoms with Crippen molar-refractivity contribution >= 4 is 34.8 Å². The minimum atomic E-state index is -2.64. The first-order valence-corrected chi connectivity index (χ1v) is 14.1. The number of nitrogens with one attached hydrogen (secondary N) is 1. The van der Waals surface area contributed by atoms with Gasteiger partial charge in [0.25, 0.3) is 5.91 Å². The van der Waals surface area contributed by atoms with E-state index in [1.54, 1.807) is 44.2 Å². The van der Waals surface area contributed by atoms with Crippen LogP contribution in [0.4, 0.5) is 5.69 Å². The molecule has 0 unspecified atom stereocenters. The summed E-state index contributed by atoms with van der Waals surface area (Å²) in [4.78, 5) is 51.4. The number of benzene rings is 2. The van der Waals surface area contributed by atoms with E-state index < -0.39 is 63.8 Å². The van der Waals surface area contributed by atoms with Crippen molar-refractivity contribution in [3.63, 3.8) is 0 Å². The molecule has 0 aliphatic heterocycles. The molecule has 1 saturated carbocycles. The van der Waals surface area contributed by atoms with Crippen molar-refractivity contribution in [2.75, 3.05) is 5.32 Å². The van der Waals surface area contributed by atoms with Gasteiger partial charge in [0.2, 0.25) is 11.7 Å².